The molecule has 1 atom stereocenters. The molecule has 3 fully saturated rings. The van der Waals surface area contributed by atoms with Crippen molar-refractivity contribution < 1.29 is 4.74 Å². The molecule has 18 heavy (non-hydrogen) atoms. The monoisotopic (exact) mass is 253 g/mol. The van der Waals surface area contributed by atoms with E-state index in [1.165, 1.54) is 51.4 Å². The molecule has 2 nitrogen and oxygen atoms in total. The van der Waals surface area contributed by atoms with E-state index in [0.717, 1.165) is 12.3 Å². The highest BCUT2D eigenvalue weighted by Gasteiger charge is 2.48. The molecule has 3 saturated carbocycles. The Bertz CT molecular complexity index is 257. The summed E-state index contributed by atoms with van der Waals surface area (Å²) in [7, 11) is 0. The number of ether oxygens (including phenoxy) is 1. The van der Waals surface area contributed by atoms with Gasteiger partial charge >= 0.3 is 0 Å². The van der Waals surface area contributed by atoms with E-state index in [4.69, 9.17) is 10.5 Å². The first-order valence-corrected chi connectivity index (χ1v) is 7.82. The molecule has 0 aromatic rings. The lowest BCUT2D eigenvalue weighted by Crippen LogP contribution is -2.52. The van der Waals surface area contributed by atoms with Crippen LogP contribution in [0.25, 0.3) is 0 Å². The molecular formula is C16H31NO. The van der Waals surface area contributed by atoms with Gasteiger partial charge in [-0.05, 0) is 49.9 Å². The van der Waals surface area contributed by atoms with E-state index in [1.807, 2.05) is 0 Å². The summed E-state index contributed by atoms with van der Waals surface area (Å²) < 4.78 is 6.15. The molecule has 3 rings (SSSR count). The Morgan fingerprint density at radius 3 is 2.56 bits per heavy atom. The maximum absolute atomic E-state index is 6.15. The van der Waals surface area contributed by atoms with Crippen molar-refractivity contribution in [3.63, 3.8) is 0 Å². The molecule has 0 heterocycles. The molecule has 1 unspecified atom stereocenters. The molecule has 0 spiro atoms. The Balaban J connectivity index is 1.59. The van der Waals surface area contributed by atoms with Crippen molar-refractivity contribution in [1.82, 2.24) is 0 Å². The Kier molecular flexibility index (Phi) is 4.38. The minimum absolute atomic E-state index is 0.0241. The van der Waals surface area contributed by atoms with Gasteiger partial charge in [0.05, 0.1) is 5.60 Å². The molecule has 3 aliphatic rings. The van der Waals surface area contributed by atoms with Crippen molar-refractivity contribution >= 4 is 0 Å². The first-order chi connectivity index (χ1) is 8.39. The van der Waals surface area contributed by atoms with Crippen LogP contribution in [0.3, 0.4) is 0 Å². The molecule has 3 aliphatic carbocycles. The molecular weight excluding hydrogens is 222 g/mol. The van der Waals surface area contributed by atoms with Gasteiger partial charge in [0, 0.05) is 0 Å². The van der Waals surface area contributed by atoms with Gasteiger partial charge in [0.1, 0.15) is 6.23 Å². The molecule has 0 aliphatic heterocycles. The van der Waals surface area contributed by atoms with Gasteiger partial charge in [0.25, 0.3) is 0 Å². The quantitative estimate of drug-likeness (QED) is 0.568. The molecule has 0 saturated heterocycles. The minimum Gasteiger partial charge on any atom is -0.357 e. The Labute approximate surface area is 113 Å². The van der Waals surface area contributed by atoms with Crippen LogP contribution in [0, 0.1) is 11.3 Å². The highest BCUT2D eigenvalue weighted by Crippen LogP contribution is 2.51. The van der Waals surface area contributed by atoms with Crippen LogP contribution in [0.4, 0.5) is 0 Å². The second-order valence-corrected chi connectivity index (χ2v) is 7.81. The van der Waals surface area contributed by atoms with E-state index in [1.54, 1.807) is 0 Å². The van der Waals surface area contributed by atoms with Gasteiger partial charge in [0.2, 0.25) is 0 Å². The molecule has 0 radical (unpaired) electrons. The lowest BCUT2D eigenvalue weighted by Gasteiger charge is -2.53. The highest BCUT2D eigenvalue weighted by atomic mass is 16.5. The van der Waals surface area contributed by atoms with Gasteiger partial charge in [-0.2, -0.15) is 0 Å². The number of unbranched alkanes of at least 4 members (excludes halogenated alkanes) is 1. The van der Waals surface area contributed by atoms with E-state index in [-0.39, 0.29) is 11.8 Å². The minimum atomic E-state index is -0.0241. The summed E-state index contributed by atoms with van der Waals surface area (Å²) in [5, 5.41) is 0. The van der Waals surface area contributed by atoms with Crippen molar-refractivity contribution in [2.45, 2.75) is 90.4 Å². The largest absolute Gasteiger partial charge is 0.357 e. The third kappa shape index (κ3) is 3.96. The highest BCUT2D eigenvalue weighted by molar-refractivity contribution is 5.00. The number of hydrogen-bond acceptors (Lipinski definition) is 2. The van der Waals surface area contributed by atoms with Gasteiger partial charge in [-0.25, -0.2) is 0 Å². The Morgan fingerprint density at radius 2 is 2.00 bits per heavy atom. The predicted molar refractivity (Wildman–Crippen MR) is 76.3 cm³/mol. The second-order valence-electron chi connectivity index (χ2n) is 7.81. The zero-order valence-corrected chi connectivity index (χ0v) is 12.5. The van der Waals surface area contributed by atoms with Crippen LogP contribution in [0.5, 0.6) is 0 Å². The molecule has 106 valence electrons. The summed E-state index contributed by atoms with van der Waals surface area (Å²) >= 11 is 0. The maximum Gasteiger partial charge on any atom is 0.106 e. The fourth-order valence-electron chi connectivity index (χ4n) is 3.65. The maximum atomic E-state index is 6.15. The van der Waals surface area contributed by atoms with Crippen molar-refractivity contribution in [2.75, 3.05) is 0 Å². The van der Waals surface area contributed by atoms with Crippen LogP contribution in [0.15, 0.2) is 0 Å². The Morgan fingerprint density at radius 1 is 1.28 bits per heavy atom. The fourth-order valence-corrected chi connectivity index (χ4v) is 3.65. The lowest BCUT2D eigenvalue weighted by molar-refractivity contribution is -0.186. The average Bonchev–Trinajstić information content (AvgIpc) is 2.22. The van der Waals surface area contributed by atoms with Gasteiger partial charge in [-0.3, -0.25) is 0 Å². The summed E-state index contributed by atoms with van der Waals surface area (Å²) in [5.74, 6) is 0.951. The van der Waals surface area contributed by atoms with Gasteiger partial charge in [-0.1, -0.05) is 40.0 Å². The van der Waals surface area contributed by atoms with E-state index in [0.29, 0.717) is 5.41 Å². The molecule has 0 aromatic carbocycles. The predicted octanol–water partition coefficient (Wildman–Crippen LogP) is 4.23. The number of nitrogens with two attached hydrogens (primary N) is 1. The molecule has 2 N–H and O–H groups in total. The number of fused-ring (bicyclic) bond motifs is 2. The number of hydrogen-bond donors (Lipinski definition) is 1. The van der Waals surface area contributed by atoms with Crippen LogP contribution in [-0.2, 0) is 4.74 Å². The van der Waals surface area contributed by atoms with Crippen LogP contribution in [-0.4, -0.2) is 11.8 Å². The van der Waals surface area contributed by atoms with E-state index in [2.05, 4.69) is 20.8 Å². The third-order valence-electron chi connectivity index (χ3n) is 4.63. The van der Waals surface area contributed by atoms with Crippen LogP contribution >= 0.6 is 0 Å². The molecule has 0 amide bonds. The van der Waals surface area contributed by atoms with Crippen LogP contribution < -0.4 is 5.73 Å². The topological polar surface area (TPSA) is 35.2 Å². The van der Waals surface area contributed by atoms with Crippen molar-refractivity contribution in [3.8, 4) is 0 Å². The summed E-state index contributed by atoms with van der Waals surface area (Å²) in [6.07, 6.45) is 11.4. The SMILES string of the molecule is CC(C)(C)CCCCC(N)OC12CCCC(C1)C2. The van der Waals surface area contributed by atoms with Crippen molar-refractivity contribution in [1.29, 1.82) is 0 Å². The summed E-state index contributed by atoms with van der Waals surface area (Å²) in [4.78, 5) is 0. The van der Waals surface area contributed by atoms with E-state index >= 15 is 0 Å². The summed E-state index contributed by atoms with van der Waals surface area (Å²) in [6.45, 7) is 6.91. The molecule has 2 bridgehead atoms. The summed E-state index contributed by atoms with van der Waals surface area (Å²) in [6, 6.07) is 0. The van der Waals surface area contributed by atoms with Gasteiger partial charge in [0.15, 0.2) is 0 Å². The van der Waals surface area contributed by atoms with E-state index in [9.17, 15) is 0 Å². The normalized spacial score (nSPS) is 33.0. The second kappa shape index (κ2) is 5.50. The smallest absolute Gasteiger partial charge is 0.106 e. The Hall–Kier alpha value is -0.0800. The van der Waals surface area contributed by atoms with Crippen molar-refractivity contribution in [3.05, 3.63) is 0 Å². The zero-order chi connectivity index (χ0) is 13.2. The van der Waals surface area contributed by atoms with Gasteiger partial charge < -0.3 is 10.5 Å². The van der Waals surface area contributed by atoms with Crippen LogP contribution in [0.1, 0.15) is 78.6 Å². The average molecular weight is 253 g/mol. The van der Waals surface area contributed by atoms with Gasteiger partial charge in [-0.15, -0.1) is 0 Å². The van der Waals surface area contributed by atoms with Crippen LogP contribution in [0.2, 0.25) is 0 Å². The van der Waals surface area contributed by atoms with E-state index < -0.39 is 0 Å². The molecule has 2 heteroatoms. The fraction of sp³-hybridized carbons (Fsp3) is 1.00. The first-order valence-electron chi connectivity index (χ1n) is 7.82. The molecule has 0 aromatic heterocycles. The first kappa shape index (κ1) is 14.3. The lowest BCUT2D eigenvalue weighted by atomic mass is 9.61. The van der Waals surface area contributed by atoms with Crippen molar-refractivity contribution in [2.24, 2.45) is 17.1 Å². The number of rotatable bonds is 6. The zero-order valence-electron chi connectivity index (χ0n) is 12.5. The standard InChI is InChI=1S/C16H31NO/c1-15(2,3)9-5-4-8-14(17)18-16-10-6-7-13(11-16)12-16/h13-14H,4-12,17H2,1-3H3. The third-order valence-corrected chi connectivity index (χ3v) is 4.63. The summed E-state index contributed by atoms with van der Waals surface area (Å²) in [5.41, 5.74) is 6.80.